The highest BCUT2D eigenvalue weighted by atomic mass is 16.5. The average molecular weight is 567 g/mol. The van der Waals surface area contributed by atoms with E-state index in [9.17, 15) is 10.2 Å². The topological polar surface area (TPSA) is 49.7 Å². The second-order valence-corrected chi connectivity index (χ2v) is 12.5. The van der Waals surface area contributed by atoms with Crippen LogP contribution in [0.5, 0.6) is 0 Å². The van der Waals surface area contributed by atoms with Crippen molar-refractivity contribution in [3.05, 3.63) is 12.2 Å². The van der Waals surface area contributed by atoms with Gasteiger partial charge in [0, 0.05) is 6.61 Å². The van der Waals surface area contributed by atoms with Gasteiger partial charge in [-0.2, -0.15) is 0 Å². The molecule has 0 fully saturated rings. The Balaban J connectivity index is 3.30. The fourth-order valence-corrected chi connectivity index (χ4v) is 5.51. The Hall–Kier alpha value is -0.380. The van der Waals surface area contributed by atoms with Crippen molar-refractivity contribution in [2.45, 2.75) is 212 Å². The van der Waals surface area contributed by atoms with Gasteiger partial charge in [0.05, 0.1) is 12.7 Å². The lowest BCUT2D eigenvalue weighted by Gasteiger charge is -2.17. The van der Waals surface area contributed by atoms with Gasteiger partial charge in [0.15, 0.2) is 0 Å². The van der Waals surface area contributed by atoms with Crippen molar-refractivity contribution in [2.24, 2.45) is 0 Å². The molecule has 2 unspecified atom stereocenters. The van der Waals surface area contributed by atoms with Crippen LogP contribution < -0.4 is 0 Å². The van der Waals surface area contributed by atoms with E-state index in [0.29, 0.717) is 13.0 Å². The van der Waals surface area contributed by atoms with Gasteiger partial charge in [0.25, 0.3) is 0 Å². The van der Waals surface area contributed by atoms with E-state index >= 15 is 0 Å². The lowest BCUT2D eigenvalue weighted by molar-refractivity contribution is -0.0418. The van der Waals surface area contributed by atoms with Gasteiger partial charge in [-0.1, -0.05) is 174 Å². The Labute approximate surface area is 252 Å². The molecule has 0 spiro atoms. The molecule has 0 aliphatic carbocycles. The monoisotopic (exact) mass is 567 g/mol. The molecule has 0 amide bonds. The fourth-order valence-electron chi connectivity index (χ4n) is 5.51. The first-order valence-corrected chi connectivity index (χ1v) is 18.3. The van der Waals surface area contributed by atoms with Gasteiger partial charge in [0.2, 0.25) is 0 Å². The van der Waals surface area contributed by atoms with Gasteiger partial charge < -0.3 is 14.9 Å². The van der Waals surface area contributed by atoms with E-state index in [0.717, 1.165) is 19.3 Å². The number of ether oxygens (including phenoxy) is 1. The van der Waals surface area contributed by atoms with Crippen LogP contribution in [0.15, 0.2) is 12.2 Å². The van der Waals surface area contributed by atoms with Crippen LogP contribution in [-0.2, 0) is 4.74 Å². The number of allylic oxidation sites excluding steroid dienone is 2. The number of hydrogen-bond donors (Lipinski definition) is 2. The highest BCUT2D eigenvalue weighted by Gasteiger charge is 2.15. The number of hydrogen-bond acceptors (Lipinski definition) is 3. The van der Waals surface area contributed by atoms with E-state index in [1.54, 1.807) is 0 Å². The normalized spacial score (nSPS) is 13.4. The molecule has 0 saturated carbocycles. The minimum Gasteiger partial charge on any atom is -0.390 e. The standard InChI is InChI=1S/C37H74O3/c1-3-5-7-9-11-13-15-17-19-20-22-24-26-28-30-32-34-40-35-37(39)36(38)33-31-29-27-25-23-21-18-16-14-12-10-8-6-4-2/h17,19,36-39H,3-16,18,20-35H2,1-2H3/b19-17-. The van der Waals surface area contributed by atoms with Crippen molar-refractivity contribution in [1.82, 2.24) is 0 Å². The van der Waals surface area contributed by atoms with Crippen LogP contribution in [0.1, 0.15) is 200 Å². The third-order valence-corrected chi connectivity index (χ3v) is 8.39. The molecule has 0 aromatic heterocycles. The van der Waals surface area contributed by atoms with Crippen molar-refractivity contribution in [2.75, 3.05) is 13.2 Å². The van der Waals surface area contributed by atoms with E-state index in [2.05, 4.69) is 26.0 Å². The number of unbranched alkanes of at least 4 members (excludes halogenated alkanes) is 25. The molecule has 3 heteroatoms. The summed E-state index contributed by atoms with van der Waals surface area (Å²) < 4.78 is 5.64. The smallest absolute Gasteiger partial charge is 0.103 e. The van der Waals surface area contributed by atoms with E-state index in [1.807, 2.05) is 0 Å². The molecule has 0 aliphatic rings. The fraction of sp³-hybridized carbons (Fsp3) is 0.946. The molecule has 2 atom stereocenters. The first kappa shape index (κ1) is 39.6. The summed E-state index contributed by atoms with van der Waals surface area (Å²) in [5.41, 5.74) is 0. The Morgan fingerprint density at radius 3 is 1.20 bits per heavy atom. The molecular weight excluding hydrogens is 492 g/mol. The summed E-state index contributed by atoms with van der Waals surface area (Å²) >= 11 is 0. The van der Waals surface area contributed by atoms with Crippen molar-refractivity contribution >= 4 is 0 Å². The second kappa shape index (κ2) is 34.8. The van der Waals surface area contributed by atoms with E-state index < -0.39 is 12.2 Å². The molecule has 0 aromatic rings. The van der Waals surface area contributed by atoms with Gasteiger partial charge >= 0.3 is 0 Å². The largest absolute Gasteiger partial charge is 0.390 e. The van der Waals surface area contributed by atoms with Gasteiger partial charge in [-0.25, -0.2) is 0 Å². The number of aliphatic hydroxyl groups excluding tert-OH is 2. The maximum atomic E-state index is 10.2. The second-order valence-electron chi connectivity index (χ2n) is 12.5. The summed E-state index contributed by atoms with van der Waals surface area (Å²) in [4.78, 5) is 0. The molecule has 40 heavy (non-hydrogen) atoms. The van der Waals surface area contributed by atoms with E-state index in [-0.39, 0.29) is 6.61 Å². The lowest BCUT2D eigenvalue weighted by Crippen LogP contribution is -2.30. The Morgan fingerprint density at radius 1 is 0.425 bits per heavy atom. The molecule has 0 aromatic carbocycles. The van der Waals surface area contributed by atoms with Gasteiger partial charge in [0.1, 0.15) is 6.10 Å². The molecule has 0 rings (SSSR count). The van der Waals surface area contributed by atoms with Gasteiger partial charge in [-0.3, -0.25) is 0 Å². The van der Waals surface area contributed by atoms with Crippen molar-refractivity contribution in [3.63, 3.8) is 0 Å². The highest BCUT2D eigenvalue weighted by Crippen LogP contribution is 2.15. The summed E-state index contributed by atoms with van der Waals surface area (Å²) in [5.74, 6) is 0. The summed E-state index contributed by atoms with van der Waals surface area (Å²) in [6, 6.07) is 0. The Bertz CT molecular complexity index is 478. The predicted molar refractivity (Wildman–Crippen MR) is 177 cm³/mol. The molecule has 0 heterocycles. The lowest BCUT2D eigenvalue weighted by atomic mass is 10.0. The summed E-state index contributed by atoms with van der Waals surface area (Å²) in [6.45, 7) is 5.52. The van der Waals surface area contributed by atoms with Crippen LogP contribution in [0.3, 0.4) is 0 Å². The van der Waals surface area contributed by atoms with Crippen LogP contribution in [0.2, 0.25) is 0 Å². The van der Waals surface area contributed by atoms with Crippen LogP contribution in [-0.4, -0.2) is 35.6 Å². The zero-order valence-electron chi connectivity index (χ0n) is 27.5. The maximum Gasteiger partial charge on any atom is 0.103 e. The quantitative estimate of drug-likeness (QED) is 0.0601. The van der Waals surface area contributed by atoms with Crippen LogP contribution in [0, 0.1) is 0 Å². The highest BCUT2D eigenvalue weighted by molar-refractivity contribution is 4.81. The van der Waals surface area contributed by atoms with Crippen LogP contribution in [0.25, 0.3) is 0 Å². The molecule has 240 valence electrons. The summed E-state index contributed by atoms with van der Waals surface area (Å²) in [7, 11) is 0. The number of rotatable bonds is 34. The first-order valence-electron chi connectivity index (χ1n) is 18.3. The molecule has 3 nitrogen and oxygen atoms in total. The number of aliphatic hydroxyl groups is 2. The molecule has 2 N–H and O–H groups in total. The van der Waals surface area contributed by atoms with Crippen LogP contribution in [0.4, 0.5) is 0 Å². The Kier molecular flexibility index (Phi) is 34.5. The summed E-state index contributed by atoms with van der Waals surface area (Å²) in [5, 5.41) is 20.4. The van der Waals surface area contributed by atoms with E-state index in [1.165, 1.54) is 161 Å². The van der Waals surface area contributed by atoms with Gasteiger partial charge in [-0.05, 0) is 38.5 Å². The first-order chi connectivity index (χ1) is 19.7. The zero-order valence-corrected chi connectivity index (χ0v) is 27.5. The molecule has 0 saturated heterocycles. The molecule has 0 radical (unpaired) electrons. The van der Waals surface area contributed by atoms with Crippen molar-refractivity contribution < 1.29 is 14.9 Å². The maximum absolute atomic E-state index is 10.2. The van der Waals surface area contributed by atoms with Crippen molar-refractivity contribution in [3.8, 4) is 0 Å². The van der Waals surface area contributed by atoms with E-state index in [4.69, 9.17) is 4.74 Å². The summed E-state index contributed by atoms with van der Waals surface area (Å²) in [6.07, 6.45) is 41.1. The zero-order chi connectivity index (χ0) is 29.2. The molecule has 0 bridgehead atoms. The predicted octanol–water partition coefficient (Wildman–Crippen LogP) is 11.6. The third kappa shape index (κ3) is 32.1. The van der Waals surface area contributed by atoms with Gasteiger partial charge in [-0.15, -0.1) is 0 Å². The minimum atomic E-state index is -0.740. The minimum absolute atomic E-state index is 0.269. The third-order valence-electron chi connectivity index (χ3n) is 8.39. The van der Waals surface area contributed by atoms with Crippen LogP contribution >= 0.6 is 0 Å². The van der Waals surface area contributed by atoms with Crippen molar-refractivity contribution in [1.29, 1.82) is 0 Å². The SMILES string of the molecule is CCCCCCCC/C=C\CCCCCCCCOCC(O)C(O)CCCCCCCCCCCCCCCC. The molecular formula is C37H74O3. The average Bonchev–Trinajstić information content (AvgIpc) is 2.96. The molecule has 0 aliphatic heterocycles. The Morgan fingerprint density at radius 2 is 0.775 bits per heavy atom.